The van der Waals surface area contributed by atoms with Gasteiger partial charge in [0.2, 0.25) is 0 Å². The highest BCUT2D eigenvalue weighted by atomic mass is 15.1. The third-order valence-electron chi connectivity index (χ3n) is 4.72. The predicted molar refractivity (Wildman–Crippen MR) is 86.9 cm³/mol. The van der Waals surface area contributed by atoms with Gasteiger partial charge in [0.1, 0.15) is 17.8 Å². The number of aromatic nitrogens is 4. The fourth-order valence-corrected chi connectivity index (χ4v) is 3.61. The minimum atomic E-state index is 0.510. The van der Waals surface area contributed by atoms with Crippen LogP contribution >= 0.6 is 0 Å². The quantitative estimate of drug-likeness (QED) is 0.804. The van der Waals surface area contributed by atoms with Gasteiger partial charge in [0.15, 0.2) is 0 Å². The molecule has 1 N–H and O–H groups in total. The molecule has 0 saturated heterocycles. The smallest absolute Gasteiger partial charge is 0.145 e. The largest absolute Gasteiger partial charge is 0.372 e. The Morgan fingerprint density at radius 2 is 2.00 bits per heavy atom. The van der Waals surface area contributed by atoms with E-state index in [0.717, 1.165) is 23.3 Å². The number of anilines is 1. The zero-order chi connectivity index (χ0) is 14.9. The first-order valence-electron chi connectivity index (χ1n) is 7.76. The molecule has 0 amide bonds. The lowest BCUT2D eigenvalue weighted by atomic mass is 9.99. The van der Waals surface area contributed by atoms with Crippen LogP contribution in [0.4, 0.5) is 5.82 Å². The molecule has 3 aromatic rings. The van der Waals surface area contributed by atoms with Crippen LogP contribution in [0, 0.1) is 0 Å². The van der Waals surface area contributed by atoms with Crippen molar-refractivity contribution in [2.24, 2.45) is 0 Å². The number of pyridine rings is 1. The second-order valence-corrected chi connectivity index (χ2v) is 5.88. The van der Waals surface area contributed by atoms with Gasteiger partial charge in [-0.3, -0.25) is 4.98 Å². The molecule has 0 bridgehead atoms. The molecule has 1 aliphatic rings. The zero-order valence-corrected chi connectivity index (χ0v) is 12.6. The first-order valence-corrected chi connectivity index (χ1v) is 7.76. The summed E-state index contributed by atoms with van der Waals surface area (Å²) in [5.41, 5.74) is 2.43. The maximum Gasteiger partial charge on any atom is 0.145 e. The summed E-state index contributed by atoms with van der Waals surface area (Å²) in [4.78, 5) is 12.9. The zero-order valence-electron chi connectivity index (χ0n) is 12.6. The lowest BCUT2D eigenvalue weighted by Crippen LogP contribution is -2.05. The number of hydrogen-bond donors (Lipinski definition) is 1. The van der Waals surface area contributed by atoms with Crippen molar-refractivity contribution in [3.63, 3.8) is 0 Å². The van der Waals surface area contributed by atoms with E-state index >= 15 is 0 Å². The number of fused-ring (bicyclic) bond motifs is 1. The maximum atomic E-state index is 4.49. The fraction of sp³-hybridized carbons (Fsp3) is 0.353. The van der Waals surface area contributed by atoms with Gasteiger partial charge in [-0.25, -0.2) is 9.97 Å². The van der Waals surface area contributed by atoms with Crippen LogP contribution in [0.5, 0.6) is 0 Å². The number of nitrogens with one attached hydrogen (secondary N) is 1. The molecule has 5 heteroatoms. The molecule has 112 valence electrons. The summed E-state index contributed by atoms with van der Waals surface area (Å²) in [6.07, 6.45) is 11.1. The summed E-state index contributed by atoms with van der Waals surface area (Å²) in [5, 5.41) is 4.23. The number of hydrogen-bond acceptors (Lipinski definition) is 4. The fourth-order valence-electron chi connectivity index (χ4n) is 3.61. The molecule has 0 spiro atoms. The van der Waals surface area contributed by atoms with E-state index in [-0.39, 0.29) is 0 Å². The summed E-state index contributed by atoms with van der Waals surface area (Å²) < 4.78 is 2.32. The van der Waals surface area contributed by atoms with E-state index in [2.05, 4.69) is 49.2 Å². The van der Waals surface area contributed by atoms with Crippen LogP contribution in [-0.2, 0) is 0 Å². The van der Waals surface area contributed by atoms with Gasteiger partial charge >= 0.3 is 0 Å². The molecule has 1 fully saturated rings. The van der Waals surface area contributed by atoms with Gasteiger partial charge in [0, 0.05) is 31.7 Å². The average molecular weight is 293 g/mol. The summed E-state index contributed by atoms with van der Waals surface area (Å²) in [5.74, 6) is 1.52. The summed E-state index contributed by atoms with van der Waals surface area (Å²) in [7, 11) is 1.90. The highest BCUT2D eigenvalue weighted by molar-refractivity contribution is 5.87. The topological polar surface area (TPSA) is 55.6 Å². The van der Waals surface area contributed by atoms with Gasteiger partial charge in [-0.2, -0.15) is 0 Å². The van der Waals surface area contributed by atoms with Crippen LogP contribution in [0.2, 0.25) is 0 Å². The van der Waals surface area contributed by atoms with Crippen molar-refractivity contribution in [1.29, 1.82) is 0 Å². The molecule has 2 atom stereocenters. The van der Waals surface area contributed by atoms with Gasteiger partial charge in [0.25, 0.3) is 0 Å². The van der Waals surface area contributed by atoms with Crippen LogP contribution in [-0.4, -0.2) is 26.6 Å². The molecular formula is C17H19N5. The molecular weight excluding hydrogens is 274 g/mol. The van der Waals surface area contributed by atoms with E-state index in [1.807, 2.05) is 19.4 Å². The van der Waals surface area contributed by atoms with E-state index in [1.54, 1.807) is 6.33 Å². The summed E-state index contributed by atoms with van der Waals surface area (Å²) in [6.45, 7) is 0. The Hall–Kier alpha value is -2.43. The minimum Gasteiger partial charge on any atom is -0.372 e. The third kappa shape index (κ3) is 2.13. The summed E-state index contributed by atoms with van der Waals surface area (Å²) in [6, 6.07) is 6.90. The molecule has 3 aromatic heterocycles. The normalized spacial score (nSPS) is 21.3. The van der Waals surface area contributed by atoms with Crippen molar-refractivity contribution in [2.75, 3.05) is 12.4 Å². The Balaban J connectivity index is 1.64. The van der Waals surface area contributed by atoms with Crippen LogP contribution in [0.1, 0.15) is 36.8 Å². The predicted octanol–water partition coefficient (Wildman–Crippen LogP) is 3.38. The van der Waals surface area contributed by atoms with Crippen molar-refractivity contribution in [1.82, 2.24) is 19.5 Å². The highest BCUT2D eigenvalue weighted by Crippen LogP contribution is 2.42. The van der Waals surface area contributed by atoms with Gasteiger partial charge in [-0.15, -0.1) is 0 Å². The lowest BCUT2D eigenvalue weighted by molar-refractivity contribution is 0.523. The Bertz CT molecular complexity index is 780. The van der Waals surface area contributed by atoms with E-state index in [0.29, 0.717) is 12.0 Å². The minimum absolute atomic E-state index is 0.510. The average Bonchev–Trinajstić information content (AvgIpc) is 3.22. The first-order chi connectivity index (χ1) is 10.9. The van der Waals surface area contributed by atoms with Gasteiger partial charge in [-0.1, -0.05) is 0 Å². The molecule has 1 saturated carbocycles. The molecule has 3 heterocycles. The lowest BCUT2D eigenvalue weighted by Gasteiger charge is -2.14. The highest BCUT2D eigenvalue weighted by Gasteiger charge is 2.28. The Morgan fingerprint density at radius 3 is 2.82 bits per heavy atom. The van der Waals surface area contributed by atoms with Crippen molar-refractivity contribution < 1.29 is 0 Å². The van der Waals surface area contributed by atoms with E-state index in [9.17, 15) is 0 Å². The van der Waals surface area contributed by atoms with Crippen LogP contribution in [0.15, 0.2) is 43.1 Å². The van der Waals surface area contributed by atoms with Crippen LogP contribution in [0.25, 0.3) is 11.0 Å². The molecule has 4 rings (SSSR count). The molecule has 2 unspecified atom stereocenters. The van der Waals surface area contributed by atoms with Crippen molar-refractivity contribution in [3.8, 4) is 0 Å². The second-order valence-electron chi connectivity index (χ2n) is 5.88. The molecule has 0 radical (unpaired) electrons. The monoisotopic (exact) mass is 293 g/mol. The number of nitrogens with zero attached hydrogens (tertiary/aromatic N) is 4. The second kappa shape index (κ2) is 5.40. The Kier molecular flexibility index (Phi) is 3.25. The van der Waals surface area contributed by atoms with Crippen LogP contribution in [0.3, 0.4) is 0 Å². The van der Waals surface area contributed by atoms with E-state index < -0.39 is 0 Å². The van der Waals surface area contributed by atoms with Crippen LogP contribution < -0.4 is 5.32 Å². The van der Waals surface area contributed by atoms with E-state index in [1.165, 1.54) is 18.4 Å². The van der Waals surface area contributed by atoms with E-state index in [4.69, 9.17) is 0 Å². The molecule has 5 nitrogen and oxygen atoms in total. The van der Waals surface area contributed by atoms with Crippen molar-refractivity contribution in [2.45, 2.75) is 31.2 Å². The Morgan fingerprint density at radius 1 is 1.14 bits per heavy atom. The van der Waals surface area contributed by atoms with Crippen molar-refractivity contribution in [3.05, 3.63) is 48.7 Å². The summed E-state index contributed by atoms with van der Waals surface area (Å²) >= 11 is 0. The Labute approximate surface area is 129 Å². The van der Waals surface area contributed by atoms with Crippen molar-refractivity contribution >= 4 is 16.9 Å². The molecule has 0 aliphatic heterocycles. The number of rotatable bonds is 3. The SMILES string of the molecule is CNc1ncnc2c1ccn2C1CCC(c2ccncc2)C1. The molecule has 0 aromatic carbocycles. The van der Waals surface area contributed by atoms with Gasteiger partial charge in [-0.05, 0) is 48.9 Å². The van der Waals surface area contributed by atoms with Gasteiger partial charge in [0.05, 0.1) is 5.39 Å². The first kappa shape index (κ1) is 13.2. The molecule has 1 aliphatic carbocycles. The standard InChI is InChI=1S/C17H19N5/c1-18-16-15-6-9-22(17(15)21-11-20-16)14-3-2-13(10-14)12-4-7-19-8-5-12/h4-9,11,13-14H,2-3,10H2,1H3,(H,18,20,21). The maximum absolute atomic E-state index is 4.49. The third-order valence-corrected chi connectivity index (χ3v) is 4.72. The molecule has 22 heavy (non-hydrogen) atoms. The van der Waals surface area contributed by atoms with Gasteiger partial charge < -0.3 is 9.88 Å².